The Morgan fingerprint density at radius 2 is 2.08 bits per heavy atom. The number of allylic oxidation sites excluding steroid dienone is 1. The molecule has 0 bridgehead atoms. The van der Waals surface area contributed by atoms with Crippen molar-refractivity contribution < 1.29 is 10.2 Å². The van der Waals surface area contributed by atoms with Crippen molar-refractivity contribution in [2.45, 2.75) is 13.3 Å². The number of hydrogen-bond acceptors (Lipinski definition) is 2. The molecule has 0 saturated heterocycles. The lowest BCUT2D eigenvalue weighted by molar-refractivity contribution is 0.331. The van der Waals surface area contributed by atoms with E-state index in [0.29, 0.717) is 12.2 Å². The fourth-order valence-corrected chi connectivity index (χ4v) is 1.03. The summed E-state index contributed by atoms with van der Waals surface area (Å²) in [4.78, 5) is 0. The Morgan fingerprint density at radius 3 is 2.69 bits per heavy atom. The fraction of sp³-hybridized carbons (Fsp3) is 0.273. The van der Waals surface area contributed by atoms with Crippen molar-refractivity contribution in [2.75, 3.05) is 6.61 Å². The van der Waals surface area contributed by atoms with Gasteiger partial charge in [0.25, 0.3) is 0 Å². The minimum atomic E-state index is 0.0770. The van der Waals surface area contributed by atoms with Gasteiger partial charge < -0.3 is 10.2 Å². The van der Waals surface area contributed by atoms with Crippen molar-refractivity contribution in [3.8, 4) is 5.75 Å². The molecule has 2 heteroatoms. The van der Waals surface area contributed by atoms with Crippen LogP contribution < -0.4 is 0 Å². The zero-order chi connectivity index (χ0) is 9.68. The van der Waals surface area contributed by atoms with E-state index in [0.717, 1.165) is 11.1 Å². The first-order valence-electron chi connectivity index (χ1n) is 4.27. The van der Waals surface area contributed by atoms with Gasteiger partial charge in [0.15, 0.2) is 0 Å². The molecule has 0 unspecified atom stereocenters. The van der Waals surface area contributed by atoms with Gasteiger partial charge in [-0.2, -0.15) is 0 Å². The average Bonchev–Trinajstić information content (AvgIpc) is 2.16. The molecule has 0 fully saturated rings. The van der Waals surface area contributed by atoms with Crippen molar-refractivity contribution in [1.29, 1.82) is 0 Å². The van der Waals surface area contributed by atoms with Crippen LogP contribution in [0.3, 0.4) is 0 Å². The normalized spacial score (nSPS) is 11.7. The summed E-state index contributed by atoms with van der Waals surface area (Å²) in [7, 11) is 0. The zero-order valence-corrected chi connectivity index (χ0v) is 7.70. The minimum Gasteiger partial charge on any atom is -0.508 e. The molecule has 0 atom stereocenters. The first-order valence-corrected chi connectivity index (χ1v) is 4.27. The summed E-state index contributed by atoms with van der Waals surface area (Å²) in [6.07, 6.45) is 2.58. The lowest BCUT2D eigenvalue weighted by atomic mass is 10.1. The minimum absolute atomic E-state index is 0.0770. The average molecular weight is 178 g/mol. The molecule has 0 heterocycles. The van der Waals surface area contributed by atoms with Crippen LogP contribution in [0.1, 0.15) is 12.5 Å². The number of aliphatic hydroxyl groups excluding tert-OH is 1. The molecule has 1 aromatic carbocycles. The standard InChI is InChI=1S/C11H14O2/c1-9(8-12)6-7-10-4-2-3-5-11(10)13/h2-6,12-13H,7-8H2,1H3. The molecular formula is C11H14O2. The Labute approximate surface area is 78.2 Å². The molecule has 0 aliphatic rings. The summed E-state index contributed by atoms with van der Waals surface area (Å²) in [5, 5.41) is 18.2. The number of benzene rings is 1. The van der Waals surface area contributed by atoms with Crippen LogP contribution in [0.25, 0.3) is 0 Å². The van der Waals surface area contributed by atoms with Crippen LogP contribution in [0.4, 0.5) is 0 Å². The van der Waals surface area contributed by atoms with Gasteiger partial charge in [-0.05, 0) is 25.0 Å². The molecule has 0 amide bonds. The van der Waals surface area contributed by atoms with Crippen LogP contribution >= 0.6 is 0 Å². The molecule has 0 radical (unpaired) electrons. The Kier molecular flexibility index (Phi) is 3.53. The number of phenols is 1. The van der Waals surface area contributed by atoms with Crippen LogP contribution in [-0.2, 0) is 6.42 Å². The van der Waals surface area contributed by atoms with Gasteiger partial charge in [0, 0.05) is 0 Å². The van der Waals surface area contributed by atoms with E-state index in [1.54, 1.807) is 12.1 Å². The number of hydrogen-bond donors (Lipinski definition) is 2. The van der Waals surface area contributed by atoms with E-state index < -0.39 is 0 Å². The molecule has 1 rings (SSSR count). The van der Waals surface area contributed by atoms with E-state index in [4.69, 9.17) is 5.11 Å². The highest BCUT2D eigenvalue weighted by atomic mass is 16.3. The summed E-state index contributed by atoms with van der Waals surface area (Å²) in [5.74, 6) is 0.310. The third-order valence-corrected chi connectivity index (χ3v) is 1.91. The van der Waals surface area contributed by atoms with E-state index in [1.165, 1.54) is 0 Å². The quantitative estimate of drug-likeness (QED) is 0.694. The predicted molar refractivity (Wildman–Crippen MR) is 52.7 cm³/mol. The molecule has 1 aromatic rings. The topological polar surface area (TPSA) is 40.5 Å². The van der Waals surface area contributed by atoms with Crippen molar-refractivity contribution in [2.24, 2.45) is 0 Å². The number of aliphatic hydroxyl groups is 1. The Bertz CT molecular complexity index is 303. The molecule has 2 N–H and O–H groups in total. The van der Waals surface area contributed by atoms with E-state index >= 15 is 0 Å². The van der Waals surface area contributed by atoms with Gasteiger partial charge in [0.05, 0.1) is 6.61 Å². The second kappa shape index (κ2) is 4.67. The molecule has 2 nitrogen and oxygen atoms in total. The summed E-state index contributed by atoms with van der Waals surface area (Å²) >= 11 is 0. The summed E-state index contributed by atoms with van der Waals surface area (Å²) in [6, 6.07) is 7.21. The van der Waals surface area contributed by atoms with Crippen LogP contribution in [0.15, 0.2) is 35.9 Å². The molecule has 70 valence electrons. The fourth-order valence-electron chi connectivity index (χ4n) is 1.03. The molecule has 13 heavy (non-hydrogen) atoms. The van der Waals surface area contributed by atoms with E-state index in [2.05, 4.69) is 0 Å². The van der Waals surface area contributed by atoms with Crippen LogP contribution in [0.5, 0.6) is 5.75 Å². The molecule has 0 spiro atoms. The van der Waals surface area contributed by atoms with Gasteiger partial charge in [0.2, 0.25) is 0 Å². The van der Waals surface area contributed by atoms with Crippen molar-refractivity contribution in [3.63, 3.8) is 0 Å². The van der Waals surface area contributed by atoms with Gasteiger partial charge in [-0.15, -0.1) is 0 Å². The predicted octanol–water partition coefficient (Wildman–Crippen LogP) is 1.87. The van der Waals surface area contributed by atoms with Gasteiger partial charge in [0.1, 0.15) is 5.75 Å². The van der Waals surface area contributed by atoms with Gasteiger partial charge in [-0.25, -0.2) is 0 Å². The highest BCUT2D eigenvalue weighted by Crippen LogP contribution is 2.16. The van der Waals surface area contributed by atoms with Crippen LogP contribution in [0, 0.1) is 0 Å². The largest absolute Gasteiger partial charge is 0.508 e. The van der Waals surface area contributed by atoms with Gasteiger partial charge in [-0.1, -0.05) is 29.8 Å². The lowest BCUT2D eigenvalue weighted by Crippen LogP contribution is -1.87. The lowest BCUT2D eigenvalue weighted by Gasteiger charge is -2.00. The zero-order valence-electron chi connectivity index (χ0n) is 7.70. The maximum Gasteiger partial charge on any atom is 0.119 e. The molecule has 0 saturated carbocycles. The SMILES string of the molecule is CC(=CCc1ccccc1O)CO. The summed E-state index contributed by atoms with van der Waals surface area (Å²) in [5.41, 5.74) is 1.80. The monoisotopic (exact) mass is 178 g/mol. The molecular weight excluding hydrogens is 164 g/mol. The maximum atomic E-state index is 9.40. The van der Waals surface area contributed by atoms with E-state index in [9.17, 15) is 5.11 Å². The van der Waals surface area contributed by atoms with Crippen molar-refractivity contribution in [1.82, 2.24) is 0 Å². The highest BCUT2D eigenvalue weighted by molar-refractivity contribution is 5.33. The molecule has 0 aliphatic carbocycles. The first-order chi connectivity index (χ1) is 6.24. The summed E-state index contributed by atoms with van der Waals surface area (Å²) < 4.78 is 0. The Balaban J connectivity index is 2.70. The third kappa shape index (κ3) is 2.92. The molecule has 0 aliphatic heterocycles. The number of aromatic hydroxyl groups is 1. The van der Waals surface area contributed by atoms with Crippen molar-refractivity contribution in [3.05, 3.63) is 41.5 Å². The summed E-state index contributed by atoms with van der Waals surface area (Å²) in [6.45, 7) is 1.94. The first kappa shape index (κ1) is 9.81. The Morgan fingerprint density at radius 1 is 1.38 bits per heavy atom. The van der Waals surface area contributed by atoms with Gasteiger partial charge in [-0.3, -0.25) is 0 Å². The van der Waals surface area contributed by atoms with Gasteiger partial charge >= 0.3 is 0 Å². The molecule has 0 aromatic heterocycles. The van der Waals surface area contributed by atoms with Crippen LogP contribution in [-0.4, -0.2) is 16.8 Å². The van der Waals surface area contributed by atoms with E-state index in [-0.39, 0.29) is 6.61 Å². The second-order valence-corrected chi connectivity index (χ2v) is 3.04. The maximum absolute atomic E-state index is 9.40. The second-order valence-electron chi connectivity index (χ2n) is 3.04. The number of rotatable bonds is 3. The number of para-hydroxylation sites is 1. The van der Waals surface area contributed by atoms with Crippen molar-refractivity contribution >= 4 is 0 Å². The van der Waals surface area contributed by atoms with E-state index in [1.807, 2.05) is 25.1 Å². The Hall–Kier alpha value is -1.28. The third-order valence-electron chi connectivity index (χ3n) is 1.91. The number of phenolic OH excluding ortho intramolecular Hbond substituents is 1. The van der Waals surface area contributed by atoms with Crippen LogP contribution in [0.2, 0.25) is 0 Å². The smallest absolute Gasteiger partial charge is 0.119 e. The highest BCUT2D eigenvalue weighted by Gasteiger charge is 1.96.